The third-order valence-corrected chi connectivity index (χ3v) is 5.91. The maximum atomic E-state index is 12.7. The van der Waals surface area contributed by atoms with E-state index in [1.54, 1.807) is 37.6 Å². The van der Waals surface area contributed by atoms with Crippen LogP contribution < -0.4 is 4.74 Å². The number of hydrogen-bond donors (Lipinski definition) is 0. The number of aromatic nitrogens is 2. The van der Waals surface area contributed by atoms with Crippen LogP contribution in [0.25, 0.3) is 0 Å². The first-order chi connectivity index (χ1) is 11.0. The van der Waals surface area contributed by atoms with Gasteiger partial charge in [0.2, 0.25) is 10.0 Å². The largest absolute Gasteiger partial charge is 0.497 e. The molecule has 1 aliphatic heterocycles. The summed E-state index contributed by atoms with van der Waals surface area (Å²) in [5, 5.41) is 0. The number of benzene rings is 1. The summed E-state index contributed by atoms with van der Waals surface area (Å²) in [5.74, 6) is 1.40. The van der Waals surface area contributed by atoms with Crippen molar-refractivity contribution in [1.82, 2.24) is 14.3 Å². The normalized spacial score (nSPS) is 19.0. The number of hydrogen-bond acceptors (Lipinski definition) is 5. The number of methoxy groups -OCH3 is 1. The Balaban J connectivity index is 1.79. The first-order valence-corrected chi connectivity index (χ1v) is 8.88. The van der Waals surface area contributed by atoms with E-state index in [2.05, 4.69) is 9.97 Å². The average Bonchev–Trinajstić information content (AvgIpc) is 3.06. The zero-order chi connectivity index (χ0) is 16.4. The fourth-order valence-corrected chi connectivity index (χ4v) is 4.22. The molecule has 7 heteroatoms. The van der Waals surface area contributed by atoms with E-state index in [-0.39, 0.29) is 10.8 Å². The second-order valence-corrected chi connectivity index (χ2v) is 7.52. The van der Waals surface area contributed by atoms with Crippen LogP contribution in [0.5, 0.6) is 5.75 Å². The zero-order valence-corrected chi connectivity index (χ0v) is 14.0. The Hall–Kier alpha value is -1.99. The summed E-state index contributed by atoms with van der Waals surface area (Å²) in [6.45, 7) is 2.81. The fraction of sp³-hybridized carbons (Fsp3) is 0.375. The Kier molecular flexibility index (Phi) is 4.32. The fourth-order valence-electron chi connectivity index (χ4n) is 2.72. The Morgan fingerprint density at radius 1 is 1.22 bits per heavy atom. The summed E-state index contributed by atoms with van der Waals surface area (Å²) in [6, 6.07) is 8.30. The molecule has 3 rings (SSSR count). The number of ether oxygens (including phenoxy) is 1. The van der Waals surface area contributed by atoms with Crippen LogP contribution in [-0.2, 0) is 10.0 Å². The predicted molar refractivity (Wildman–Crippen MR) is 85.9 cm³/mol. The quantitative estimate of drug-likeness (QED) is 0.855. The third-order valence-electron chi connectivity index (χ3n) is 4.03. The van der Waals surface area contributed by atoms with Gasteiger partial charge in [-0.3, -0.25) is 0 Å². The van der Waals surface area contributed by atoms with Gasteiger partial charge in [0.25, 0.3) is 0 Å². The predicted octanol–water partition coefficient (Wildman–Crippen LogP) is 1.97. The molecule has 1 saturated heterocycles. The smallest absolute Gasteiger partial charge is 0.243 e. The molecule has 122 valence electrons. The lowest BCUT2D eigenvalue weighted by Crippen LogP contribution is -2.28. The second-order valence-electron chi connectivity index (χ2n) is 5.58. The summed E-state index contributed by atoms with van der Waals surface area (Å²) in [7, 11) is -1.94. The van der Waals surface area contributed by atoms with Crippen molar-refractivity contribution >= 4 is 10.0 Å². The minimum Gasteiger partial charge on any atom is -0.497 e. The summed E-state index contributed by atoms with van der Waals surface area (Å²) in [5.41, 5.74) is 0.895. The van der Waals surface area contributed by atoms with Crippen LogP contribution in [0.3, 0.4) is 0 Å². The molecule has 1 aliphatic rings. The van der Waals surface area contributed by atoms with Crippen LogP contribution in [0.2, 0.25) is 0 Å². The lowest BCUT2D eigenvalue weighted by atomic mass is 10.1. The van der Waals surface area contributed by atoms with E-state index < -0.39 is 10.0 Å². The summed E-state index contributed by atoms with van der Waals surface area (Å²) in [6.07, 6.45) is 2.46. The van der Waals surface area contributed by atoms with Gasteiger partial charge in [0.1, 0.15) is 11.6 Å². The first kappa shape index (κ1) is 15.9. The molecule has 6 nitrogen and oxygen atoms in total. The van der Waals surface area contributed by atoms with Crippen LogP contribution in [0.1, 0.15) is 23.9 Å². The standard InChI is InChI=1S/C16H19N3O3S/c1-12-7-9-17-16(18-12)13-8-10-19(11-13)23(20,21)15-5-3-14(22-2)4-6-15/h3-7,9,13H,8,10-11H2,1-2H3. The van der Waals surface area contributed by atoms with Gasteiger partial charge in [0, 0.05) is 30.9 Å². The van der Waals surface area contributed by atoms with Crippen molar-refractivity contribution in [2.45, 2.75) is 24.2 Å². The van der Waals surface area contributed by atoms with Crippen molar-refractivity contribution in [3.8, 4) is 5.75 Å². The Morgan fingerprint density at radius 3 is 2.61 bits per heavy atom. The summed E-state index contributed by atoms with van der Waals surface area (Å²) >= 11 is 0. The topological polar surface area (TPSA) is 72.4 Å². The van der Waals surface area contributed by atoms with Crippen molar-refractivity contribution in [3.63, 3.8) is 0 Å². The molecule has 23 heavy (non-hydrogen) atoms. The van der Waals surface area contributed by atoms with Crippen LogP contribution in [0, 0.1) is 6.92 Å². The molecular weight excluding hydrogens is 314 g/mol. The second kappa shape index (κ2) is 6.25. The van der Waals surface area contributed by atoms with Gasteiger partial charge in [-0.1, -0.05) is 0 Å². The molecule has 2 heterocycles. The van der Waals surface area contributed by atoms with Crippen molar-refractivity contribution in [1.29, 1.82) is 0 Å². The van der Waals surface area contributed by atoms with Crippen molar-refractivity contribution in [2.75, 3.05) is 20.2 Å². The Bertz CT molecular complexity index is 790. The molecule has 1 atom stereocenters. The van der Waals surface area contributed by atoms with Crippen molar-refractivity contribution < 1.29 is 13.2 Å². The number of sulfonamides is 1. The minimum atomic E-state index is -3.49. The van der Waals surface area contributed by atoms with Gasteiger partial charge in [-0.15, -0.1) is 0 Å². The highest BCUT2D eigenvalue weighted by molar-refractivity contribution is 7.89. The monoisotopic (exact) mass is 333 g/mol. The molecule has 1 aromatic heterocycles. The van der Waals surface area contributed by atoms with Crippen LogP contribution in [0.4, 0.5) is 0 Å². The number of aryl methyl sites for hydroxylation is 1. The lowest BCUT2D eigenvalue weighted by molar-refractivity contribution is 0.414. The maximum absolute atomic E-state index is 12.7. The van der Waals surface area contributed by atoms with Gasteiger partial charge in [-0.2, -0.15) is 4.31 Å². The van der Waals surface area contributed by atoms with Crippen LogP contribution in [-0.4, -0.2) is 42.9 Å². The summed E-state index contributed by atoms with van der Waals surface area (Å²) < 4.78 is 32.0. The van der Waals surface area contributed by atoms with E-state index in [1.807, 2.05) is 13.0 Å². The molecule has 1 aromatic carbocycles. The highest BCUT2D eigenvalue weighted by atomic mass is 32.2. The molecule has 0 radical (unpaired) electrons. The Labute approximate surface area is 136 Å². The Morgan fingerprint density at radius 2 is 1.96 bits per heavy atom. The van der Waals surface area contributed by atoms with Gasteiger partial charge in [0.05, 0.1) is 12.0 Å². The highest BCUT2D eigenvalue weighted by Crippen LogP contribution is 2.29. The van der Waals surface area contributed by atoms with E-state index >= 15 is 0 Å². The molecule has 0 aliphatic carbocycles. The van der Waals surface area contributed by atoms with E-state index in [9.17, 15) is 8.42 Å². The van der Waals surface area contributed by atoms with Gasteiger partial charge in [-0.05, 0) is 43.7 Å². The van der Waals surface area contributed by atoms with E-state index in [4.69, 9.17) is 4.74 Å². The average molecular weight is 333 g/mol. The molecule has 0 saturated carbocycles. The molecule has 0 spiro atoms. The van der Waals surface area contributed by atoms with Gasteiger partial charge >= 0.3 is 0 Å². The van der Waals surface area contributed by atoms with Gasteiger partial charge < -0.3 is 4.74 Å². The van der Waals surface area contributed by atoms with E-state index in [0.717, 1.165) is 17.9 Å². The first-order valence-electron chi connectivity index (χ1n) is 7.44. The van der Waals surface area contributed by atoms with Crippen molar-refractivity contribution in [2.24, 2.45) is 0 Å². The number of rotatable bonds is 4. The number of nitrogens with zero attached hydrogens (tertiary/aromatic N) is 3. The highest BCUT2D eigenvalue weighted by Gasteiger charge is 2.34. The molecular formula is C16H19N3O3S. The zero-order valence-electron chi connectivity index (χ0n) is 13.1. The van der Waals surface area contributed by atoms with Crippen LogP contribution in [0.15, 0.2) is 41.4 Å². The van der Waals surface area contributed by atoms with E-state index in [1.165, 1.54) is 4.31 Å². The molecule has 0 amide bonds. The summed E-state index contributed by atoms with van der Waals surface area (Å²) in [4.78, 5) is 8.98. The molecule has 1 unspecified atom stereocenters. The van der Waals surface area contributed by atoms with Gasteiger partial charge in [0.15, 0.2) is 0 Å². The van der Waals surface area contributed by atoms with Crippen LogP contribution >= 0.6 is 0 Å². The molecule has 2 aromatic rings. The lowest BCUT2D eigenvalue weighted by Gasteiger charge is -2.16. The molecule has 1 fully saturated rings. The molecule has 0 bridgehead atoms. The molecule has 0 N–H and O–H groups in total. The third kappa shape index (κ3) is 3.20. The minimum absolute atomic E-state index is 0.0444. The maximum Gasteiger partial charge on any atom is 0.243 e. The van der Waals surface area contributed by atoms with E-state index in [0.29, 0.717) is 18.8 Å². The van der Waals surface area contributed by atoms with Crippen molar-refractivity contribution in [3.05, 3.63) is 48.0 Å². The SMILES string of the molecule is COc1ccc(S(=O)(=O)N2CCC(c3nccc(C)n3)C2)cc1. The van der Waals surface area contributed by atoms with Gasteiger partial charge in [-0.25, -0.2) is 18.4 Å².